The minimum atomic E-state index is -1.30. The number of carboxylic acids is 1. The van der Waals surface area contributed by atoms with Crippen molar-refractivity contribution in [3.05, 3.63) is 39.8 Å². The van der Waals surface area contributed by atoms with E-state index in [2.05, 4.69) is 9.72 Å². The zero-order valence-electron chi connectivity index (χ0n) is 10.7. The molecule has 0 saturated carbocycles. The largest absolute Gasteiger partial charge is 0.477 e. The Bertz CT molecular complexity index is 735. The van der Waals surface area contributed by atoms with Crippen LogP contribution in [-0.4, -0.2) is 33.7 Å². The van der Waals surface area contributed by atoms with Gasteiger partial charge in [0.25, 0.3) is 6.47 Å². The van der Waals surface area contributed by atoms with Crippen LogP contribution in [0.1, 0.15) is 16.1 Å². The third kappa shape index (κ3) is 2.51. The molecule has 1 N–H and O–H groups in total. The van der Waals surface area contributed by atoms with Crippen molar-refractivity contribution in [2.75, 3.05) is 6.61 Å². The van der Waals surface area contributed by atoms with Crippen LogP contribution < -0.4 is 5.43 Å². The number of ether oxygens (including phenoxy) is 1. The first-order valence-electron chi connectivity index (χ1n) is 5.84. The Kier molecular flexibility index (Phi) is 3.79. The lowest BCUT2D eigenvalue weighted by Crippen LogP contribution is -2.20. The summed E-state index contributed by atoms with van der Waals surface area (Å²) >= 11 is 0. The molecule has 0 fully saturated rings. The fourth-order valence-electron chi connectivity index (χ4n) is 1.88. The summed E-state index contributed by atoms with van der Waals surface area (Å²) in [6, 6.07) is 3.19. The molecular formula is C13H12N2O5. The first kappa shape index (κ1) is 13.7. The van der Waals surface area contributed by atoms with Gasteiger partial charge >= 0.3 is 5.97 Å². The number of nitrogens with zero attached hydrogens (tertiary/aromatic N) is 2. The first-order valence-corrected chi connectivity index (χ1v) is 5.84. The second kappa shape index (κ2) is 5.52. The number of fused-ring (bicyclic) bond motifs is 1. The number of carbonyl (C=O) groups is 2. The maximum Gasteiger partial charge on any atom is 0.341 e. The van der Waals surface area contributed by atoms with Crippen molar-refractivity contribution >= 4 is 23.5 Å². The molecular weight excluding hydrogens is 264 g/mol. The number of hydrogen-bond acceptors (Lipinski definition) is 5. The summed E-state index contributed by atoms with van der Waals surface area (Å²) in [4.78, 5) is 37.5. The van der Waals surface area contributed by atoms with Crippen molar-refractivity contribution in [1.82, 2.24) is 9.55 Å². The number of pyridine rings is 2. The molecule has 2 heterocycles. The lowest BCUT2D eigenvalue weighted by atomic mass is 10.2. The lowest BCUT2D eigenvalue weighted by molar-refractivity contribution is -0.128. The molecule has 0 aromatic carbocycles. The highest BCUT2D eigenvalue weighted by Gasteiger charge is 2.15. The van der Waals surface area contributed by atoms with Crippen LogP contribution in [0.25, 0.3) is 11.0 Å². The highest BCUT2D eigenvalue weighted by atomic mass is 16.5. The number of carbonyl (C=O) groups excluding carboxylic acids is 1. The second-order valence-corrected chi connectivity index (χ2v) is 4.16. The Morgan fingerprint density at radius 1 is 1.50 bits per heavy atom. The molecule has 2 aromatic rings. The molecule has 20 heavy (non-hydrogen) atoms. The quantitative estimate of drug-likeness (QED) is 0.633. The second-order valence-electron chi connectivity index (χ2n) is 4.16. The van der Waals surface area contributed by atoms with Gasteiger partial charge in [-0.1, -0.05) is 0 Å². The monoisotopic (exact) mass is 276 g/mol. The van der Waals surface area contributed by atoms with Crippen molar-refractivity contribution in [2.45, 2.75) is 13.5 Å². The van der Waals surface area contributed by atoms with Gasteiger partial charge in [0.1, 0.15) is 17.8 Å². The summed E-state index contributed by atoms with van der Waals surface area (Å²) in [5.74, 6) is -1.30. The molecule has 0 unspecified atom stereocenters. The topological polar surface area (TPSA) is 98.5 Å². The fraction of sp³-hybridized carbons (Fsp3) is 0.231. The van der Waals surface area contributed by atoms with Gasteiger partial charge < -0.3 is 14.4 Å². The molecule has 0 aliphatic carbocycles. The molecule has 104 valence electrons. The van der Waals surface area contributed by atoms with Gasteiger partial charge in [0.05, 0.1) is 11.9 Å². The molecule has 0 saturated heterocycles. The third-order valence-electron chi connectivity index (χ3n) is 2.81. The van der Waals surface area contributed by atoms with E-state index in [4.69, 9.17) is 5.11 Å². The van der Waals surface area contributed by atoms with Crippen molar-refractivity contribution in [2.24, 2.45) is 0 Å². The van der Waals surface area contributed by atoms with Gasteiger partial charge in [-0.05, 0) is 19.1 Å². The predicted octanol–water partition coefficient (Wildman–Crippen LogP) is 0.576. The molecule has 0 atom stereocenters. The zero-order valence-corrected chi connectivity index (χ0v) is 10.7. The van der Waals surface area contributed by atoms with Crippen LogP contribution in [0.4, 0.5) is 0 Å². The third-order valence-corrected chi connectivity index (χ3v) is 2.81. The minimum absolute atomic E-state index is 0.0656. The molecule has 0 bridgehead atoms. The Labute approximate surface area is 113 Å². The molecule has 0 spiro atoms. The van der Waals surface area contributed by atoms with Crippen LogP contribution in [-0.2, 0) is 16.1 Å². The average molecular weight is 276 g/mol. The SMILES string of the molecule is Cc1ccc2c(=O)c(C(=O)O)cn(CCOC=O)c2n1. The van der Waals surface area contributed by atoms with E-state index in [1.165, 1.54) is 10.8 Å². The van der Waals surface area contributed by atoms with E-state index in [9.17, 15) is 14.4 Å². The number of rotatable bonds is 5. The van der Waals surface area contributed by atoms with Gasteiger partial charge in [0, 0.05) is 11.9 Å². The molecule has 0 radical (unpaired) electrons. The van der Waals surface area contributed by atoms with E-state index >= 15 is 0 Å². The van der Waals surface area contributed by atoms with E-state index in [0.29, 0.717) is 17.8 Å². The van der Waals surface area contributed by atoms with Crippen molar-refractivity contribution in [1.29, 1.82) is 0 Å². The number of hydrogen-bond donors (Lipinski definition) is 1. The Balaban J connectivity index is 2.66. The Morgan fingerprint density at radius 3 is 2.90 bits per heavy atom. The Morgan fingerprint density at radius 2 is 2.25 bits per heavy atom. The average Bonchev–Trinajstić information content (AvgIpc) is 2.41. The minimum Gasteiger partial charge on any atom is -0.477 e. The van der Waals surface area contributed by atoms with E-state index in [1.807, 2.05) is 0 Å². The molecule has 2 aromatic heterocycles. The highest BCUT2D eigenvalue weighted by molar-refractivity contribution is 5.91. The van der Waals surface area contributed by atoms with Gasteiger partial charge in [-0.3, -0.25) is 9.59 Å². The maximum atomic E-state index is 12.0. The van der Waals surface area contributed by atoms with E-state index in [0.717, 1.165) is 0 Å². The highest BCUT2D eigenvalue weighted by Crippen LogP contribution is 2.11. The lowest BCUT2D eigenvalue weighted by Gasteiger charge is -2.11. The zero-order chi connectivity index (χ0) is 14.7. The van der Waals surface area contributed by atoms with Gasteiger partial charge in [-0.15, -0.1) is 0 Å². The molecule has 0 amide bonds. The summed E-state index contributed by atoms with van der Waals surface area (Å²) in [6.45, 7) is 2.35. The fourth-order valence-corrected chi connectivity index (χ4v) is 1.88. The number of aromatic nitrogens is 2. The maximum absolute atomic E-state index is 12.0. The van der Waals surface area contributed by atoms with E-state index in [1.54, 1.807) is 19.1 Å². The molecule has 7 heteroatoms. The van der Waals surface area contributed by atoms with Gasteiger partial charge in [-0.25, -0.2) is 9.78 Å². The summed E-state index contributed by atoms with van der Waals surface area (Å²) in [6.07, 6.45) is 1.22. The van der Waals surface area contributed by atoms with Crippen LogP contribution in [0.3, 0.4) is 0 Å². The van der Waals surface area contributed by atoms with E-state index in [-0.39, 0.29) is 24.1 Å². The van der Waals surface area contributed by atoms with Crippen LogP contribution in [0.2, 0.25) is 0 Å². The summed E-state index contributed by atoms with van der Waals surface area (Å²) in [7, 11) is 0. The van der Waals surface area contributed by atoms with Gasteiger partial charge in [0.15, 0.2) is 0 Å². The molecule has 0 aliphatic rings. The van der Waals surface area contributed by atoms with E-state index < -0.39 is 11.4 Å². The molecule has 7 nitrogen and oxygen atoms in total. The van der Waals surface area contributed by atoms with Gasteiger partial charge in [-0.2, -0.15) is 0 Å². The van der Waals surface area contributed by atoms with Gasteiger partial charge in [0.2, 0.25) is 5.43 Å². The normalized spacial score (nSPS) is 10.4. The van der Waals surface area contributed by atoms with Crippen LogP contribution in [0.15, 0.2) is 23.1 Å². The Hall–Kier alpha value is -2.70. The summed E-state index contributed by atoms with van der Waals surface area (Å²) < 4.78 is 6.09. The van der Waals surface area contributed by atoms with Crippen LogP contribution in [0.5, 0.6) is 0 Å². The number of carboxylic acid groups (broad SMARTS) is 1. The van der Waals surface area contributed by atoms with Crippen LogP contribution in [0, 0.1) is 6.92 Å². The summed E-state index contributed by atoms with van der Waals surface area (Å²) in [5.41, 5.74) is 0.154. The standard InChI is InChI=1S/C13H12N2O5/c1-8-2-3-9-11(17)10(13(18)19)6-15(12(9)14-8)4-5-20-7-16/h2-3,6-7H,4-5H2,1H3,(H,18,19). The smallest absolute Gasteiger partial charge is 0.341 e. The van der Waals surface area contributed by atoms with Crippen molar-refractivity contribution < 1.29 is 19.4 Å². The number of aromatic carboxylic acids is 1. The van der Waals surface area contributed by atoms with Crippen LogP contribution >= 0.6 is 0 Å². The predicted molar refractivity (Wildman–Crippen MR) is 69.7 cm³/mol. The summed E-state index contributed by atoms with van der Waals surface area (Å²) in [5, 5.41) is 9.28. The van der Waals surface area contributed by atoms with Crippen molar-refractivity contribution in [3.63, 3.8) is 0 Å². The first-order chi connectivity index (χ1) is 9.54. The number of aryl methyl sites for hydroxylation is 1. The van der Waals surface area contributed by atoms with Crippen molar-refractivity contribution in [3.8, 4) is 0 Å². The molecule has 2 rings (SSSR count). The molecule has 0 aliphatic heterocycles.